The van der Waals surface area contributed by atoms with Crippen molar-refractivity contribution in [3.8, 4) is 6.07 Å². The molecule has 2 rings (SSSR count). The smallest absolute Gasteiger partial charge is 0.185 e. The average molecular weight is 322 g/mol. The number of thiocarbonyl (C=S) groups is 1. The van der Waals surface area contributed by atoms with Crippen LogP contribution in [0.4, 0.5) is 0 Å². The van der Waals surface area contributed by atoms with Gasteiger partial charge in [0.05, 0.1) is 17.3 Å². The summed E-state index contributed by atoms with van der Waals surface area (Å²) >= 11 is 5.21. The van der Waals surface area contributed by atoms with Gasteiger partial charge in [-0.05, 0) is 41.9 Å². The molecule has 3 N–H and O–H groups in total. The summed E-state index contributed by atoms with van der Waals surface area (Å²) < 4.78 is 0. The average Bonchev–Trinajstić information content (AvgIpc) is 2.60. The number of nitriles is 1. The lowest BCUT2D eigenvalue weighted by atomic mass is 10.1. The molecule has 0 amide bonds. The number of nitrogens with zero attached hydrogens (tertiary/aromatic N) is 1. The van der Waals surface area contributed by atoms with E-state index in [-0.39, 0.29) is 0 Å². The number of hydrazine groups is 1. The Morgan fingerprint density at radius 3 is 2.39 bits per heavy atom. The molecule has 23 heavy (non-hydrogen) atoms. The van der Waals surface area contributed by atoms with Crippen LogP contribution in [0.15, 0.2) is 61.2 Å². The quantitative estimate of drug-likeness (QED) is 0.564. The molecular weight excluding hydrogens is 304 g/mol. The summed E-state index contributed by atoms with van der Waals surface area (Å²) in [6, 6.07) is 19.5. The Bertz CT molecular complexity index is 702. The van der Waals surface area contributed by atoms with Gasteiger partial charge in [0, 0.05) is 6.54 Å². The number of hydrogen-bond donors (Lipinski definition) is 3. The van der Waals surface area contributed by atoms with Gasteiger partial charge in [-0.2, -0.15) is 5.26 Å². The van der Waals surface area contributed by atoms with E-state index in [1.807, 2.05) is 30.3 Å². The van der Waals surface area contributed by atoms with Gasteiger partial charge in [-0.3, -0.25) is 10.9 Å². The van der Waals surface area contributed by atoms with Gasteiger partial charge in [0.25, 0.3) is 0 Å². The van der Waals surface area contributed by atoms with Crippen LogP contribution in [0, 0.1) is 11.3 Å². The first kappa shape index (κ1) is 16.5. The van der Waals surface area contributed by atoms with Gasteiger partial charge < -0.3 is 5.32 Å². The zero-order chi connectivity index (χ0) is 16.5. The van der Waals surface area contributed by atoms with E-state index in [1.54, 1.807) is 12.1 Å². The maximum absolute atomic E-state index is 8.78. The maximum Gasteiger partial charge on any atom is 0.185 e. The van der Waals surface area contributed by atoms with Crippen LogP contribution in [-0.2, 0) is 6.42 Å². The van der Waals surface area contributed by atoms with Crippen LogP contribution in [0.25, 0.3) is 5.70 Å². The highest BCUT2D eigenvalue weighted by atomic mass is 32.1. The molecule has 0 fully saturated rings. The van der Waals surface area contributed by atoms with Crippen LogP contribution < -0.4 is 16.2 Å². The van der Waals surface area contributed by atoms with E-state index in [0.29, 0.717) is 16.4 Å². The summed E-state index contributed by atoms with van der Waals surface area (Å²) in [6.45, 7) is 4.69. The Labute approximate surface area is 141 Å². The monoisotopic (exact) mass is 322 g/mol. The molecule has 2 aromatic rings. The van der Waals surface area contributed by atoms with Gasteiger partial charge in [-0.1, -0.05) is 49.0 Å². The van der Waals surface area contributed by atoms with E-state index < -0.39 is 0 Å². The normalized spacial score (nSPS) is 9.52. The van der Waals surface area contributed by atoms with Gasteiger partial charge in [-0.25, -0.2) is 0 Å². The molecule has 0 aromatic heterocycles. The van der Waals surface area contributed by atoms with Crippen LogP contribution in [0.1, 0.15) is 16.7 Å². The molecular formula is C18H18N4S. The Morgan fingerprint density at radius 2 is 1.74 bits per heavy atom. The van der Waals surface area contributed by atoms with Gasteiger partial charge in [0.15, 0.2) is 5.11 Å². The second kappa shape index (κ2) is 8.57. The van der Waals surface area contributed by atoms with E-state index in [2.05, 4.69) is 40.9 Å². The first-order valence-electron chi connectivity index (χ1n) is 7.22. The highest BCUT2D eigenvalue weighted by molar-refractivity contribution is 7.80. The van der Waals surface area contributed by atoms with Crippen molar-refractivity contribution in [3.63, 3.8) is 0 Å². The van der Waals surface area contributed by atoms with Crippen molar-refractivity contribution in [2.45, 2.75) is 6.42 Å². The summed E-state index contributed by atoms with van der Waals surface area (Å²) in [5, 5.41) is 12.4. The van der Waals surface area contributed by atoms with E-state index >= 15 is 0 Å². The zero-order valence-electron chi connectivity index (χ0n) is 12.7. The SMILES string of the molecule is C=C(NNC(=S)NCCc1ccccc1)c1ccc(C#N)cc1. The summed E-state index contributed by atoms with van der Waals surface area (Å²) in [4.78, 5) is 0. The molecule has 0 heterocycles. The lowest BCUT2D eigenvalue weighted by molar-refractivity contribution is 0.780. The second-order valence-electron chi connectivity index (χ2n) is 4.91. The predicted molar refractivity (Wildman–Crippen MR) is 97.2 cm³/mol. The lowest BCUT2D eigenvalue weighted by Gasteiger charge is -2.14. The van der Waals surface area contributed by atoms with E-state index in [9.17, 15) is 0 Å². The Kier molecular flexibility index (Phi) is 6.16. The summed E-state index contributed by atoms with van der Waals surface area (Å²) in [6.07, 6.45) is 0.902. The Balaban J connectivity index is 1.71. The summed E-state index contributed by atoms with van der Waals surface area (Å²) in [5.41, 5.74) is 9.31. The standard InChI is InChI=1S/C18H18N4S/c1-14(17-9-7-16(13-19)8-10-17)21-22-18(23)20-12-11-15-5-3-2-4-6-15/h2-10,21H,1,11-12H2,(H2,20,22,23). The second-order valence-corrected chi connectivity index (χ2v) is 5.32. The minimum Gasteiger partial charge on any atom is -0.361 e. The third kappa shape index (κ3) is 5.46. The van der Waals surface area contributed by atoms with Crippen molar-refractivity contribution in [3.05, 3.63) is 77.9 Å². The van der Waals surface area contributed by atoms with Crippen molar-refractivity contribution in [1.82, 2.24) is 16.2 Å². The minimum atomic E-state index is 0.510. The molecule has 0 unspecified atom stereocenters. The number of hydrogen-bond acceptors (Lipinski definition) is 3. The third-order valence-corrected chi connectivity index (χ3v) is 3.48. The predicted octanol–water partition coefficient (Wildman–Crippen LogP) is 2.74. The number of benzene rings is 2. The summed E-state index contributed by atoms with van der Waals surface area (Å²) in [7, 11) is 0. The number of nitrogens with one attached hydrogen (secondary N) is 3. The van der Waals surface area contributed by atoms with Crippen molar-refractivity contribution in [2.75, 3.05) is 6.54 Å². The van der Waals surface area contributed by atoms with E-state index in [4.69, 9.17) is 17.5 Å². The van der Waals surface area contributed by atoms with E-state index in [0.717, 1.165) is 18.5 Å². The maximum atomic E-state index is 8.78. The van der Waals surface area contributed by atoms with Crippen molar-refractivity contribution >= 4 is 23.0 Å². The topological polar surface area (TPSA) is 59.9 Å². The molecule has 0 saturated heterocycles. The molecule has 5 heteroatoms. The fraction of sp³-hybridized carbons (Fsp3) is 0.111. The Morgan fingerprint density at radius 1 is 1.04 bits per heavy atom. The molecule has 116 valence electrons. The fourth-order valence-electron chi connectivity index (χ4n) is 1.96. The number of rotatable bonds is 6. The largest absolute Gasteiger partial charge is 0.361 e. The van der Waals surface area contributed by atoms with Gasteiger partial charge in [-0.15, -0.1) is 0 Å². The molecule has 0 aliphatic rings. The summed E-state index contributed by atoms with van der Waals surface area (Å²) in [5.74, 6) is 0. The third-order valence-electron chi connectivity index (χ3n) is 3.23. The molecule has 0 saturated carbocycles. The van der Waals surface area contributed by atoms with Gasteiger partial charge >= 0.3 is 0 Å². The van der Waals surface area contributed by atoms with Crippen LogP contribution >= 0.6 is 12.2 Å². The molecule has 2 aromatic carbocycles. The van der Waals surface area contributed by atoms with Crippen molar-refractivity contribution < 1.29 is 0 Å². The van der Waals surface area contributed by atoms with E-state index in [1.165, 1.54) is 5.56 Å². The van der Waals surface area contributed by atoms with Gasteiger partial charge in [0.1, 0.15) is 0 Å². The molecule has 0 bridgehead atoms. The molecule has 0 radical (unpaired) electrons. The fourth-order valence-corrected chi connectivity index (χ4v) is 2.11. The first-order chi connectivity index (χ1) is 11.2. The highest BCUT2D eigenvalue weighted by Crippen LogP contribution is 2.09. The van der Waals surface area contributed by atoms with Gasteiger partial charge in [0.2, 0.25) is 0 Å². The zero-order valence-corrected chi connectivity index (χ0v) is 13.5. The van der Waals surface area contributed by atoms with Crippen molar-refractivity contribution in [2.24, 2.45) is 0 Å². The van der Waals surface area contributed by atoms with Crippen molar-refractivity contribution in [1.29, 1.82) is 5.26 Å². The molecule has 0 spiro atoms. The van der Waals surface area contributed by atoms with Crippen LogP contribution in [0.3, 0.4) is 0 Å². The first-order valence-corrected chi connectivity index (χ1v) is 7.63. The molecule has 4 nitrogen and oxygen atoms in total. The Hall–Kier alpha value is -2.84. The molecule has 0 atom stereocenters. The lowest BCUT2D eigenvalue weighted by Crippen LogP contribution is -2.43. The minimum absolute atomic E-state index is 0.510. The van der Waals surface area contributed by atoms with Crippen LogP contribution in [0.5, 0.6) is 0 Å². The highest BCUT2D eigenvalue weighted by Gasteiger charge is 2.00. The van der Waals surface area contributed by atoms with Crippen LogP contribution in [0.2, 0.25) is 0 Å². The molecule has 0 aliphatic carbocycles. The molecule has 0 aliphatic heterocycles. The van der Waals surface area contributed by atoms with Crippen LogP contribution in [-0.4, -0.2) is 11.7 Å².